The van der Waals surface area contributed by atoms with E-state index in [4.69, 9.17) is 5.73 Å². The first-order chi connectivity index (χ1) is 8.17. The maximum absolute atomic E-state index is 5.94. The van der Waals surface area contributed by atoms with Gasteiger partial charge in [-0.05, 0) is 36.2 Å². The molecular weight excluding hydrogens is 210 g/mol. The predicted molar refractivity (Wildman–Crippen MR) is 73.3 cm³/mol. The smallest absolute Gasteiger partial charge is 0.0477 e. The molecular formula is C14H23N3. The van der Waals surface area contributed by atoms with Gasteiger partial charge in [0.25, 0.3) is 0 Å². The molecule has 94 valence electrons. The summed E-state index contributed by atoms with van der Waals surface area (Å²) in [7, 11) is 4.16. The Morgan fingerprint density at radius 2 is 2.18 bits per heavy atom. The van der Waals surface area contributed by atoms with E-state index in [0.717, 1.165) is 13.1 Å². The van der Waals surface area contributed by atoms with Gasteiger partial charge in [-0.3, -0.25) is 4.90 Å². The Labute approximate surface area is 104 Å². The van der Waals surface area contributed by atoms with Gasteiger partial charge in [0.2, 0.25) is 0 Å². The number of hydrogen-bond donors (Lipinski definition) is 1. The lowest BCUT2D eigenvalue weighted by Crippen LogP contribution is -2.28. The fraction of sp³-hybridized carbons (Fsp3) is 0.571. The molecule has 1 heterocycles. The Kier molecular flexibility index (Phi) is 3.69. The average Bonchev–Trinajstić information content (AvgIpc) is 2.65. The highest BCUT2D eigenvalue weighted by Crippen LogP contribution is 2.35. The van der Waals surface area contributed by atoms with Gasteiger partial charge in [0, 0.05) is 38.9 Å². The Morgan fingerprint density at radius 3 is 2.76 bits per heavy atom. The van der Waals surface area contributed by atoms with Gasteiger partial charge in [-0.25, -0.2) is 0 Å². The summed E-state index contributed by atoms with van der Waals surface area (Å²) in [6, 6.07) is 7.15. The normalized spacial score (nSPS) is 19.4. The second-order valence-electron chi connectivity index (χ2n) is 5.00. The molecule has 0 aromatic heterocycles. The third kappa shape index (κ3) is 2.31. The molecule has 17 heavy (non-hydrogen) atoms. The van der Waals surface area contributed by atoms with Crippen LogP contribution in [0.2, 0.25) is 0 Å². The third-order valence-electron chi connectivity index (χ3n) is 3.55. The van der Waals surface area contributed by atoms with Gasteiger partial charge in [-0.2, -0.15) is 0 Å². The zero-order chi connectivity index (χ0) is 12.4. The van der Waals surface area contributed by atoms with Crippen molar-refractivity contribution < 1.29 is 0 Å². The second kappa shape index (κ2) is 5.07. The first-order valence-electron chi connectivity index (χ1n) is 6.41. The van der Waals surface area contributed by atoms with E-state index in [1.165, 1.54) is 23.2 Å². The zero-order valence-electron chi connectivity index (χ0n) is 11.1. The van der Waals surface area contributed by atoms with E-state index in [-0.39, 0.29) is 0 Å². The van der Waals surface area contributed by atoms with Crippen molar-refractivity contribution in [3.05, 3.63) is 29.3 Å². The van der Waals surface area contributed by atoms with Gasteiger partial charge in [-0.1, -0.05) is 13.0 Å². The van der Waals surface area contributed by atoms with Crippen LogP contribution in [-0.2, 0) is 6.54 Å². The molecule has 0 amide bonds. The van der Waals surface area contributed by atoms with Crippen molar-refractivity contribution in [2.45, 2.75) is 25.9 Å². The van der Waals surface area contributed by atoms with Crippen LogP contribution in [-0.4, -0.2) is 32.1 Å². The van der Waals surface area contributed by atoms with Crippen LogP contribution >= 0.6 is 0 Å². The van der Waals surface area contributed by atoms with Gasteiger partial charge in [0.1, 0.15) is 0 Å². The number of fused-ring (bicyclic) bond motifs is 1. The molecule has 3 heteroatoms. The third-order valence-corrected chi connectivity index (χ3v) is 3.55. The van der Waals surface area contributed by atoms with Crippen LogP contribution in [0.4, 0.5) is 5.69 Å². The SMILES string of the molecule is CCCN1Cc2ccc(N(C)C)cc2C1CN. The minimum Gasteiger partial charge on any atom is -0.378 e. The number of hydrogen-bond acceptors (Lipinski definition) is 3. The standard InChI is InChI=1S/C14H23N3/c1-4-7-17-10-11-5-6-12(16(2)3)8-13(11)14(17)9-15/h5-6,8,14H,4,7,9-10,15H2,1-3H3. The molecule has 0 radical (unpaired) electrons. The average molecular weight is 233 g/mol. The predicted octanol–water partition coefficient (Wildman–Crippen LogP) is 1.98. The van der Waals surface area contributed by atoms with Crippen molar-refractivity contribution >= 4 is 5.69 Å². The largest absolute Gasteiger partial charge is 0.378 e. The van der Waals surface area contributed by atoms with Crippen molar-refractivity contribution in [3.63, 3.8) is 0 Å². The topological polar surface area (TPSA) is 32.5 Å². The van der Waals surface area contributed by atoms with E-state index in [2.05, 4.69) is 49.0 Å². The Hall–Kier alpha value is -1.06. The van der Waals surface area contributed by atoms with Gasteiger partial charge < -0.3 is 10.6 Å². The number of benzene rings is 1. The Bertz CT molecular complexity index is 387. The summed E-state index contributed by atoms with van der Waals surface area (Å²) < 4.78 is 0. The molecule has 1 aliphatic rings. The Balaban J connectivity index is 2.30. The highest BCUT2D eigenvalue weighted by molar-refractivity contribution is 5.52. The molecule has 0 aliphatic carbocycles. The fourth-order valence-electron chi connectivity index (χ4n) is 2.64. The molecule has 1 aromatic carbocycles. The van der Waals surface area contributed by atoms with Crippen LogP contribution in [0.1, 0.15) is 30.5 Å². The molecule has 0 spiro atoms. The lowest BCUT2D eigenvalue weighted by Gasteiger charge is -2.23. The van der Waals surface area contributed by atoms with Crippen molar-refractivity contribution in [3.8, 4) is 0 Å². The van der Waals surface area contributed by atoms with Crippen LogP contribution in [0.25, 0.3) is 0 Å². The number of rotatable bonds is 4. The fourth-order valence-corrected chi connectivity index (χ4v) is 2.64. The van der Waals surface area contributed by atoms with Crippen molar-refractivity contribution in [1.29, 1.82) is 0 Å². The molecule has 1 aromatic rings. The van der Waals surface area contributed by atoms with E-state index in [9.17, 15) is 0 Å². The molecule has 2 N–H and O–H groups in total. The maximum Gasteiger partial charge on any atom is 0.0477 e. The van der Waals surface area contributed by atoms with E-state index < -0.39 is 0 Å². The van der Waals surface area contributed by atoms with E-state index in [1.807, 2.05) is 0 Å². The van der Waals surface area contributed by atoms with Crippen LogP contribution in [0.5, 0.6) is 0 Å². The van der Waals surface area contributed by atoms with E-state index in [0.29, 0.717) is 12.6 Å². The quantitative estimate of drug-likeness (QED) is 0.863. The van der Waals surface area contributed by atoms with Crippen LogP contribution in [0.3, 0.4) is 0 Å². The number of anilines is 1. The van der Waals surface area contributed by atoms with Gasteiger partial charge in [0.15, 0.2) is 0 Å². The zero-order valence-corrected chi connectivity index (χ0v) is 11.1. The second-order valence-corrected chi connectivity index (χ2v) is 5.00. The highest BCUT2D eigenvalue weighted by Gasteiger charge is 2.28. The monoisotopic (exact) mass is 233 g/mol. The van der Waals surface area contributed by atoms with Gasteiger partial charge in [-0.15, -0.1) is 0 Å². The molecule has 0 saturated carbocycles. The van der Waals surface area contributed by atoms with E-state index in [1.54, 1.807) is 0 Å². The summed E-state index contributed by atoms with van der Waals surface area (Å²) in [6.45, 7) is 5.12. The first kappa shape index (κ1) is 12.4. The van der Waals surface area contributed by atoms with Crippen molar-refractivity contribution in [2.75, 3.05) is 32.1 Å². The highest BCUT2D eigenvalue weighted by atomic mass is 15.2. The summed E-state index contributed by atoms with van der Waals surface area (Å²) in [4.78, 5) is 4.64. The molecule has 2 rings (SSSR count). The summed E-state index contributed by atoms with van der Waals surface area (Å²) in [5.74, 6) is 0. The summed E-state index contributed by atoms with van der Waals surface area (Å²) in [5.41, 5.74) is 10.1. The van der Waals surface area contributed by atoms with Gasteiger partial charge in [0.05, 0.1) is 0 Å². The maximum atomic E-state index is 5.94. The van der Waals surface area contributed by atoms with Gasteiger partial charge >= 0.3 is 0 Å². The Morgan fingerprint density at radius 1 is 1.41 bits per heavy atom. The van der Waals surface area contributed by atoms with Crippen molar-refractivity contribution in [1.82, 2.24) is 4.90 Å². The minimum absolute atomic E-state index is 0.407. The van der Waals surface area contributed by atoms with Crippen LogP contribution < -0.4 is 10.6 Å². The number of nitrogens with two attached hydrogens (primary N) is 1. The number of nitrogens with zero attached hydrogens (tertiary/aromatic N) is 2. The molecule has 3 nitrogen and oxygen atoms in total. The van der Waals surface area contributed by atoms with Crippen molar-refractivity contribution in [2.24, 2.45) is 5.73 Å². The summed E-state index contributed by atoms with van der Waals surface area (Å²) >= 11 is 0. The molecule has 0 bridgehead atoms. The van der Waals surface area contributed by atoms with Crippen LogP contribution in [0.15, 0.2) is 18.2 Å². The first-order valence-corrected chi connectivity index (χ1v) is 6.41. The van der Waals surface area contributed by atoms with Crippen LogP contribution in [0, 0.1) is 0 Å². The summed E-state index contributed by atoms with van der Waals surface area (Å²) in [5, 5.41) is 0. The molecule has 1 atom stereocenters. The molecule has 1 unspecified atom stereocenters. The molecule has 0 saturated heterocycles. The summed E-state index contributed by atoms with van der Waals surface area (Å²) in [6.07, 6.45) is 1.19. The molecule has 0 fully saturated rings. The minimum atomic E-state index is 0.407. The lowest BCUT2D eigenvalue weighted by atomic mass is 10.0. The van der Waals surface area contributed by atoms with E-state index >= 15 is 0 Å². The molecule has 1 aliphatic heterocycles. The lowest BCUT2D eigenvalue weighted by molar-refractivity contribution is 0.220.